The minimum absolute atomic E-state index is 0.251. The number of hydrogen-bond donors (Lipinski definition) is 1. The lowest BCUT2D eigenvalue weighted by molar-refractivity contribution is 0.0786. The highest BCUT2D eigenvalue weighted by molar-refractivity contribution is 6.11. The van der Waals surface area contributed by atoms with Gasteiger partial charge in [0.25, 0.3) is 0 Å². The minimum atomic E-state index is -1.02. The van der Waals surface area contributed by atoms with E-state index in [9.17, 15) is 9.90 Å². The van der Waals surface area contributed by atoms with Gasteiger partial charge in [-0.05, 0) is 31.5 Å². The first-order valence-corrected chi connectivity index (χ1v) is 9.03. The van der Waals surface area contributed by atoms with E-state index in [-0.39, 0.29) is 12.6 Å². The molecule has 1 aliphatic rings. The molecule has 1 unspecified atom stereocenters. The number of amides is 2. The van der Waals surface area contributed by atoms with Crippen molar-refractivity contribution in [3.63, 3.8) is 0 Å². The fourth-order valence-corrected chi connectivity index (χ4v) is 3.51. The number of fused-ring (bicyclic) bond motifs is 1. The highest BCUT2D eigenvalue weighted by Gasteiger charge is 2.44. The molecule has 0 radical (unpaired) electrons. The van der Waals surface area contributed by atoms with Crippen LogP contribution in [0, 0.1) is 6.57 Å². The van der Waals surface area contributed by atoms with Gasteiger partial charge in [-0.3, -0.25) is 14.7 Å². The van der Waals surface area contributed by atoms with Crippen LogP contribution in [0.2, 0.25) is 0 Å². The predicted molar refractivity (Wildman–Crippen MR) is 109 cm³/mol. The summed E-state index contributed by atoms with van der Waals surface area (Å²) in [6.45, 7) is 11.3. The van der Waals surface area contributed by atoms with Crippen LogP contribution >= 0.6 is 0 Å². The average molecular weight is 372 g/mol. The Bertz CT molecular complexity index is 1090. The van der Waals surface area contributed by atoms with Gasteiger partial charge in [0, 0.05) is 22.7 Å². The van der Waals surface area contributed by atoms with E-state index in [1.165, 1.54) is 4.90 Å². The first kappa shape index (κ1) is 18.0. The Morgan fingerprint density at radius 1 is 1.18 bits per heavy atom. The van der Waals surface area contributed by atoms with E-state index < -0.39 is 11.8 Å². The summed E-state index contributed by atoms with van der Waals surface area (Å²) < 4.78 is 0. The molecule has 6 heteroatoms. The lowest BCUT2D eigenvalue weighted by Gasteiger charge is -2.22. The van der Waals surface area contributed by atoms with Crippen molar-refractivity contribution in [2.24, 2.45) is 0 Å². The highest BCUT2D eigenvalue weighted by atomic mass is 16.3. The van der Waals surface area contributed by atoms with Gasteiger partial charge in [-0.2, -0.15) is 0 Å². The maximum absolute atomic E-state index is 13.3. The molecule has 2 heterocycles. The Balaban J connectivity index is 1.78. The Kier molecular flexibility index (Phi) is 4.25. The number of carbonyl (C=O) groups is 1. The Labute approximate surface area is 163 Å². The van der Waals surface area contributed by atoms with E-state index in [4.69, 9.17) is 6.57 Å². The second-order valence-corrected chi connectivity index (χ2v) is 7.36. The van der Waals surface area contributed by atoms with E-state index in [0.717, 1.165) is 10.8 Å². The molecule has 4 rings (SSSR count). The molecule has 1 atom stereocenters. The van der Waals surface area contributed by atoms with Crippen LogP contribution in [-0.2, 0) is 5.60 Å². The Morgan fingerprint density at radius 3 is 2.71 bits per heavy atom. The first-order valence-electron chi connectivity index (χ1n) is 9.03. The molecule has 6 nitrogen and oxygen atoms in total. The summed E-state index contributed by atoms with van der Waals surface area (Å²) in [5.74, 6) is 0. The lowest BCUT2D eigenvalue weighted by atomic mass is 9.98. The molecular weight excluding hydrogens is 352 g/mol. The Morgan fingerprint density at radius 2 is 1.96 bits per heavy atom. The van der Waals surface area contributed by atoms with E-state index in [2.05, 4.69) is 9.83 Å². The summed E-state index contributed by atoms with van der Waals surface area (Å²) in [6.07, 6.45) is 2.73. The maximum Gasteiger partial charge on any atom is 0.335 e. The van der Waals surface area contributed by atoms with Crippen LogP contribution in [0.4, 0.5) is 16.2 Å². The number of carbonyl (C=O) groups excluding carboxylic acids is 1. The summed E-state index contributed by atoms with van der Waals surface area (Å²) >= 11 is 0. The van der Waals surface area contributed by atoms with Crippen LogP contribution < -0.4 is 9.80 Å². The molecule has 140 valence electrons. The van der Waals surface area contributed by atoms with Gasteiger partial charge in [-0.15, -0.1) is 0 Å². The van der Waals surface area contributed by atoms with Crippen LogP contribution in [0.5, 0.6) is 0 Å². The van der Waals surface area contributed by atoms with E-state index >= 15 is 0 Å². The number of nitrogens with zero attached hydrogens (tertiary/aromatic N) is 4. The second-order valence-electron chi connectivity index (χ2n) is 7.36. The van der Waals surface area contributed by atoms with Crippen molar-refractivity contribution in [3.8, 4) is 0 Å². The molecular formula is C22H20N4O2. The number of benzene rings is 2. The Hall–Kier alpha value is -3.43. The third-order valence-electron chi connectivity index (χ3n) is 5.00. The van der Waals surface area contributed by atoms with Gasteiger partial charge >= 0.3 is 12.2 Å². The summed E-state index contributed by atoms with van der Waals surface area (Å²) in [4.78, 5) is 24.3. The summed E-state index contributed by atoms with van der Waals surface area (Å²) in [5, 5.41) is 12.1. The van der Waals surface area contributed by atoms with Gasteiger partial charge in [0.15, 0.2) is 0 Å². The number of anilines is 2. The summed E-state index contributed by atoms with van der Waals surface area (Å²) in [7, 11) is 0. The fourth-order valence-electron chi connectivity index (χ4n) is 3.51. The topological polar surface area (TPSA) is 61.0 Å². The molecule has 0 bridgehead atoms. The third kappa shape index (κ3) is 2.96. The van der Waals surface area contributed by atoms with Crippen molar-refractivity contribution >= 4 is 28.2 Å². The summed E-state index contributed by atoms with van der Waals surface area (Å²) in [6, 6.07) is 14.7. The molecule has 1 fully saturated rings. The van der Waals surface area contributed by atoms with Crippen molar-refractivity contribution in [1.29, 1.82) is 0 Å². The third-order valence-corrected chi connectivity index (χ3v) is 5.00. The van der Waals surface area contributed by atoms with Crippen molar-refractivity contribution in [2.75, 3.05) is 16.3 Å². The molecule has 1 aromatic heterocycles. The number of pyridine rings is 1. The molecule has 0 aliphatic carbocycles. The monoisotopic (exact) mass is 372 g/mol. The molecule has 1 saturated heterocycles. The molecule has 1 aliphatic heterocycles. The second kappa shape index (κ2) is 6.63. The smallest absolute Gasteiger partial charge is 0.335 e. The first-order chi connectivity index (χ1) is 13.4. The van der Waals surface area contributed by atoms with Gasteiger partial charge in [-0.25, -0.2) is 16.3 Å². The lowest BCUT2D eigenvalue weighted by Crippen LogP contribution is -2.34. The van der Waals surface area contributed by atoms with Gasteiger partial charge < -0.3 is 5.11 Å². The number of aromatic nitrogens is 1. The van der Waals surface area contributed by atoms with Gasteiger partial charge in [0.2, 0.25) is 0 Å². The van der Waals surface area contributed by atoms with E-state index in [0.29, 0.717) is 16.9 Å². The number of hydrogen-bond acceptors (Lipinski definition) is 3. The zero-order valence-corrected chi connectivity index (χ0v) is 15.7. The largest absolute Gasteiger partial charge is 0.386 e. The predicted octanol–water partition coefficient (Wildman–Crippen LogP) is 4.15. The molecule has 0 spiro atoms. The van der Waals surface area contributed by atoms with E-state index in [1.807, 2.05) is 42.5 Å². The van der Waals surface area contributed by atoms with Crippen LogP contribution in [0.15, 0.2) is 60.9 Å². The van der Waals surface area contributed by atoms with Crippen LogP contribution in [0.1, 0.15) is 19.4 Å². The van der Waals surface area contributed by atoms with Gasteiger partial charge in [0.1, 0.15) is 6.54 Å². The highest BCUT2D eigenvalue weighted by Crippen LogP contribution is 2.34. The maximum atomic E-state index is 13.3. The number of urea groups is 1. The zero-order chi connectivity index (χ0) is 19.9. The number of rotatable bonds is 3. The van der Waals surface area contributed by atoms with Crippen LogP contribution in [0.25, 0.3) is 15.6 Å². The zero-order valence-electron chi connectivity index (χ0n) is 15.7. The van der Waals surface area contributed by atoms with Gasteiger partial charge in [0.05, 0.1) is 17.5 Å². The van der Waals surface area contributed by atoms with Crippen molar-refractivity contribution < 1.29 is 9.90 Å². The molecule has 0 saturated carbocycles. The SMILES string of the molecule is [C-]#[N+]C1CN(c2cccc(C(C)(C)O)c2)C(=O)N1c1cncc2ccccc12. The van der Waals surface area contributed by atoms with Gasteiger partial charge in [-0.1, -0.05) is 36.4 Å². The molecule has 1 N–H and O–H groups in total. The van der Waals surface area contributed by atoms with Crippen molar-refractivity contribution in [3.05, 3.63) is 77.9 Å². The van der Waals surface area contributed by atoms with Crippen LogP contribution in [-0.4, -0.2) is 28.8 Å². The van der Waals surface area contributed by atoms with Crippen LogP contribution in [0.3, 0.4) is 0 Å². The standard InChI is InChI=1S/C22H20N4O2/c1-22(2,28)16-8-6-9-17(11-16)25-14-20(23-3)26(21(25)27)19-13-24-12-15-7-4-5-10-18(15)19/h4-13,20,28H,14H2,1-2H3. The molecule has 28 heavy (non-hydrogen) atoms. The van der Waals surface area contributed by atoms with Crippen molar-refractivity contribution in [1.82, 2.24) is 4.98 Å². The number of aliphatic hydroxyl groups is 1. The quantitative estimate of drug-likeness (QED) is 0.703. The normalized spacial score (nSPS) is 17.2. The fraction of sp³-hybridized carbons (Fsp3) is 0.227. The average Bonchev–Trinajstić information content (AvgIpc) is 3.03. The molecule has 2 amide bonds. The van der Waals surface area contributed by atoms with Crippen molar-refractivity contribution in [2.45, 2.75) is 25.6 Å². The minimum Gasteiger partial charge on any atom is -0.386 e. The molecule has 3 aromatic rings. The summed E-state index contributed by atoms with van der Waals surface area (Å²) in [5.41, 5.74) is 0.985. The van der Waals surface area contributed by atoms with E-state index in [1.54, 1.807) is 37.2 Å². The molecule has 2 aromatic carbocycles.